The summed E-state index contributed by atoms with van der Waals surface area (Å²) in [4.78, 5) is 24.2. The Morgan fingerprint density at radius 2 is 2.00 bits per heavy atom. The van der Waals surface area contributed by atoms with Crippen molar-refractivity contribution in [2.75, 3.05) is 26.7 Å². The summed E-state index contributed by atoms with van der Waals surface area (Å²) in [5.41, 5.74) is 0. The number of nitrogens with one attached hydrogen (secondary N) is 1. The van der Waals surface area contributed by atoms with Crippen molar-refractivity contribution in [3.05, 3.63) is 0 Å². The summed E-state index contributed by atoms with van der Waals surface area (Å²) >= 11 is 0. The molecule has 0 aliphatic heterocycles. The van der Waals surface area contributed by atoms with Gasteiger partial charge in [-0.2, -0.15) is 13.2 Å². The van der Waals surface area contributed by atoms with Crippen LogP contribution in [0.5, 0.6) is 0 Å². The molecule has 1 aliphatic carbocycles. The van der Waals surface area contributed by atoms with Crippen molar-refractivity contribution >= 4 is 11.8 Å². The fourth-order valence-electron chi connectivity index (χ4n) is 2.39. The van der Waals surface area contributed by atoms with E-state index < -0.39 is 31.1 Å². The maximum atomic E-state index is 12.0. The molecular weight excluding hydrogens is 301 g/mol. The third-order valence-electron chi connectivity index (χ3n) is 3.62. The van der Waals surface area contributed by atoms with E-state index in [1.165, 1.54) is 7.05 Å². The molecule has 8 heteroatoms. The van der Waals surface area contributed by atoms with E-state index >= 15 is 0 Å². The molecule has 1 rings (SSSR count). The van der Waals surface area contributed by atoms with Crippen molar-refractivity contribution in [2.24, 2.45) is 5.92 Å². The number of hydrogen-bond acceptors (Lipinski definition) is 3. The Kier molecular flexibility index (Phi) is 7.12. The minimum atomic E-state index is -4.46. The highest BCUT2D eigenvalue weighted by Crippen LogP contribution is 2.25. The monoisotopic (exact) mass is 324 g/mol. The van der Waals surface area contributed by atoms with Gasteiger partial charge in [0.25, 0.3) is 0 Å². The van der Waals surface area contributed by atoms with Crippen LogP contribution in [0.3, 0.4) is 0 Å². The molecule has 22 heavy (non-hydrogen) atoms. The Balaban J connectivity index is 2.25. The van der Waals surface area contributed by atoms with Gasteiger partial charge in [-0.25, -0.2) is 0 Å². The lowest BCUT2D eigenvalue weighted by molar-refractivity contribution is -0.144. The molecule has 0 aromatic rings. The highest BCUT2D eigenvalue weighted by atomic mass is 19.4. The Morgan fingerprint density at radius 1 is 1.32 bits per heavy atom. The third-order valence-corrected chi connectivity index (χ3v) is 3.62. The largest absolute Gasteiger partial charge is 0.405 e. The van der Waals surface area contributed by atoms with Crippen LogP contribution >= 0.6 is 0 Å². The van der Waals surface area contributed by atoms with Gasteiger partial charge in [-0.15, -0.1) is 0 Å². The lowest BCUT2D eigenvalue weighted by Crippen LogP contribution is -2.43. The van der Waals surface area contributed by atoms with Gasteiger partial charge in [0.15, 0.2) is 0 Å². The van der Waals surface area contributed by atoms with Crippen LogP contribution in [0.4, 0.5) is 13.2 Å². The molecule has 128 valence electrons. The predicted octanol–water partition coefficient (Wildman–Crippen LogP) is 1.72. The van der Waals surface area contributed by atoms with Gasteiger partial charge in [-0.1, -0.05) is 19.8 Å². The second-order valence-corrected chi connectivity index (χ2v) is 5.85. The number of alkyl halides is 3. The Hall–Kier alpha value is -1.31. The molecule has 0 aromatic carbocycles. The lowest BCUT2D eigenvalue weighted by atomic mass is 9.89. The van der Waals surface area contributed by atoms with Crippen LogP contribution in [0.25, 0.3) is 0 Å². The first-order chi connectivity index (χ1) is 10.2. The van der Waals surface area contributed by atoms with Crippen molar-refractivity contribution in [2.45, 2.75) is 44.9 Å². The van der Waals surface area contributed by atoms with Crippen LogP contribution in [0.2, 0.25) is 0 Å². The molecule has 2 amide bonds. The molecule has 0 heterocycles. The number of rotatable bonds is 6. The number of halogens is 3. The van der Waals surface area contributed by atoms with E-state index in [2.05, 4.69) is 6.92 Å². The van der Waals surface area contributed by atoms with E-state index in [9.17, 15) is 22.8 Å². The molecule has 0 radical (unpaired) electrons. The van der Waals surface area contributed by atoms with Crippen LogP contribution in [0, 0.1) is 5.92 Å². The molecule has 0 bridgehead atoms. The van der Waals surface area contributed by atoms with E-state index in [0.717, 1.165) is 30.6 Å². The van der Waals surface area contributed by atoms with Crippen LogP contribution in [-0.2, 0) is 14.3 Å². The normalized spacial score (nSPS) is 22.2. The molecule has 0 aromatic heterocycles. The van der Waals surface area contributed by atoms with Gasteiger partial charge in [-0.05, 0) is 18.8 Å². The van der Waals surface area contributed by atoms with Crippen LogP contribution in [-0.4, -0.2) is 55.7 Å². The predicted molar refractivity (Wildman–Crippen MR) is 74.1 cm³/mol. The number of carbonyl (C=O) groups is 2. The zero-order chi connectivity index (χ0) is 16.8. The zero-order valence-electron chi connectivity index (χ0n) is 12.9. The summed E-state index contributed by atoms with van der Waals surface area (Å²) in [6, 6.07) is 0. The number of hydrogen-bond donors (Lipinski definition) is 1. The SMILES string of the molecule is C[C@@H]1CCC[C@H](OCC(=O)N(C)CC(=O)NCC(F)(F)F)C1. The molecule has 0 unspecified atom stereocenters. The number of carbonyl (C=O) groups excluding carboxylic acids is 2. The number of nitrogens with zero attached hydrogens (tertiary/aromatic N) is 1. The van der Waals surface area contributed by atoms with Crippen LogP contribution in [0.15, 0.2) is 0 Å². The number of likely N-dealkylation sites (N-methyl/N-ethyl adjacent to an activating group) is 1. The standard InChI is InChI=1S/C14H23F3N2O3/c1-10-4-3-5-11(6-10)22-8-13(21)19(2)7-12(20)18-9-14(15,16)17/h10-11H,3-9H2,1-2H3,(H,18,20)/t10-,11+/m1/s1. The van der Waals surface area contributed by atoms with E-state index in [1.54, 1.807) is 5.32 Å². The first-order valence-corrected chi connectivity index (χ1v) is 7.36. The Labute approximate surface area is 128 Å². The van der Waals surface area contributed by atoms with Crippen LogP contribution < -0.4 is 5.32 Å². The number of amides is 2. The Morgan fingerprint density at radius 3 is 2.59 bits per heavy atom. The van der Waals surface area contributed by atoms with Gasteiger partial charge in [0.2, 0.25) is 11.8 Å². The number of ether oxygens (including phenoxy) is 1. The summed E-state index contributed by atoms with van der Waals surface area (Å²) < 4.78 is 41.4. The average Bonchev–Trinajstić information content (AvgIpc) is 2.42. The van der Waals surface area contributed by atoms with Gasteiger partial charge in [0, 0.05) is 7.05 Å². The van der Waals surface area contributed by atoms with Crippen molar-refractivity contribution in [1.29, 1.82) is 0 Å². The van der Waals surface area contributed by atoms with E-state index in [-0.39, 0.29) is 12.7 Å². The Bertz CT molecular complexity index is 388. The van der Waals surface area contributed by atoms with Gasteiger partial charge in [0.1, 0.15) is 13.2 Å². The maximum absolute atomic E-state index is 12.0. The fraction of sp³-hybridized carbons (Fsp3) is 0.857. The molecule has 1 saturated carbocycles. The summed E-state index contributed by atoms with van der Waals surface area (Å²) in [7, 11) is 1.36. The summed E-state index contributed by atoms with van der Waals surface area (Å²) in [6.07, 6.45) is -0.377. The molecule has 0 spiro atoms. The zero-order valence-corrected chi connectivity index (χ0v) is 12.9. The fourth-order valence-corrected chi connectivity index (χ4v) is 2.39. The topological polar surface area (TPSA) is 58.6 Å². The minimum absolute atomic E-state index is 0.0418. The second-order valence-electron chi connectivity index (χ2n) is 5.85. The molecule has 0 saturated heterocycles. The molecule has 1 aliphatic rings. The lowest BCUT2D eigenvalue weighted by Gasteiger charge is -2.27. The quantitative estimate of drug-likeness (QED) is 0.809. The van der Waals surface area contributed by atoms with E-state index in [0.29, 0.717) is 5.92 Å². The highest BCUT2D eigenvalue weighted by molar-refractivity contribution is 5.85. The molecule has 1 fully saturated rings. The summed E-state index contributed by atoms with van der Waals surface area (Å²) in [5, 5.41) is 1.72. The van der Waals surface area contributed by atoms with Crippen molar-refractivity contribution in [3.63, 3.8) is 0 Å². The van der Waals surface area contributed by atoms with E-state index in [1.807, 2.05) is 0 Å². The first-order valence-electron chi connectivity index (χ1n) is 7.36. The second kappa shape index (κ2) is 8.36. The molecular formula is C14H23F3N2O3. The molecule has 1 N–H and O–H groups in total. The van der Waals surface area contributed by atoms with Crippen molar-refractivity contribution < 1.29 is 27.5 Å². The molecule has 5 nitrogen and oxygen atoms in total. The third kappa shape index (κ3) is 7.63. The smallest absolute Gasteiger partial charge is 0.368 e. The van der Waals surface area contributed by atoms with E-state index in [4.69, 9.17) is 4.74 Å². The van der Waals surface area contributed by atoms with Crippen molar-refractivity contribution in [3.8, 4) is 0 Å². The van der Waals surface area contributed by atoms with Gasteiger partial charge >= 0.3 is 6.18 Å². The molecule has 2 atom stereocenters. The highest BCUT2D eigenvalue weighted by Gasteiger charge is 2.28. The average molecular weight is 324 g/mol. The van der Waals surface area contributed by atoms with Crippen LogP contribution in [0.1, 0.15) is 32.6 Å². The van der Waals surface area contributed by atoms with Gasteiger partial charge in [0.05, 0.1) is 12.6 Å². The maximum Gasteiger partial charge on any atom is 0.405 e. The minimum Gasteiger partial charge on any atom is -0.368 e. The van der Waals surface area contributed by atoms with Crippen molar-refractivity contribution in [1.82, 2.24) is 10.2 Å². The summed E-state index contributed by atoms with van der Waals surface area (Å²) in [5.74, 6) is -0.695. The van der Waals surface area contributed by atoms with Gasteiger partial charge in [-0.3, -0.25) is 9.59 Å². The summed E-state index contributed by atoms with van der Waals surface area (Å²) in [6.45, 7) is 0.165. The van der Waals surface area contributed by atoms with Gasteiger partial charge < -0.3 is 15.0 Å². The first kappa shape index (κ1) is 18.7.